The summed E-state index contributed by atoms with van der Waals surface area (Å²) in [5.74, 6) is -1.04. The first-order valence-electron chi connectivity index (χ1n) is 9.40. The molecule has 3 atom stereocenters. The standard InChI is InChI=1S/C20H23FN4O4/c21-15-4-2-1-3-13(15)10-24-19(27)9-14-5-6-16(18(12-26)29-14)25-20(28)17-11-22-7-8-23-17/h1-4,7-8,11,14,16,18,26H,5-6,9-10,12H2,(H,24,27)(H,25,28)/t14-,16-,18+/m1/s1. The van der Waals surface area contributed by atoms with Crippen molar-refractivity contribution in [3.8, 4) is 0 Å². The fraction of sp³-hybridized carbons (Fsp3) is 0.400. The van der Waals surface area contributed by atoms with Crippen LogP contribution in [0, 0.1) is 5.82 Å². The molecule has 154 valence electrons. The Morgan fingerprint density at radius 1 is 1.24 bits per heavy atom. The summed E-state index contributed by atoms with van der Waals surface area (Å²) in [7, 11) is 0. The number of nitrogens with zero attached hydrogens (tertiary/aromatic N) is 2. The fourth-order valence-corrected chi connectivity index (χ4v) is 3.22. The molecule has 29 heavy (non-hydrogen) atoms. The molecule has 1 aliphatic heterocycles. The van der Waals surface area contributed by atoms with Crippen LogP contribution in [0.15, 0.2) is 42.9 Å². The zero-order chi connectivity index (χ0) is 20.6. The second-order valence-electron chi connectivity index (χ2n) is 6.80. The Morgan fingerprint density at radius 2 is 2.07 bits per heavy atom. The van der Waals surface area contributed by atoms with Gasteiger partial charge in [0.05, 0.1) is 31.4 Å². The molecule has 0 radical (unpaired) electrons. The normalized spacial score (nSPS) is 21.4. The van der Waals surface area contributed by atoms with E-state index in [0.717, 1.165) is 0 Å². The number of aliphatic hydroxyl groups excluding tert-OH is 1. The smallest absolute Gasteiger partial charge is 0.271 e. The minimum absolute atomic E-state index is 0.0930. The van der Waals surface area contributed by atoms with E-state index < -0.39 is 24.2 Å². The van der Waals surface area contributed by atoms with Gasteiger partial charge in [-0.15, -0.1) is 0 Å². The van der Waals surface area contributed by atoms with Crippen molar-refractivity contribution < 1.29 is 23.8 Å². The number of amides is 2. The molecule has 0 spiro atoms. The highest BCUT2D eigenvalue weighted by Crippen LogP contribution is 2.22. The number of carbonyl (C=O) groups is 2. The van der Waals surface area contributed by atoms with Gasteiger partial charge in [-0.05, 0) is 18.9 Å². The van der Waals surface area contributed by atoms with Crippen molar-refractivity contribution in [3.63, 3.8) is 0 Å². The summed E-state index contributed by atoms with van der Waals surface area (Å²) in [6, 6.07) is 5.85. The molecule has 1 aromatic heterocycles. The minimum atomic E-state index is -0.631. The summed E-state index contributed by atoms with van der Waals surface area (Å²) in [5, 5.41) is 15.1. The quantitative estimate of drug-likeness (QED) is 0.636. The van der Waals surface area contributed by atoms with Crippen molar-refractivity contribution in [2.45, 2.75) is 44.1 Å². The number of rotatable bonds is 7. The number of nitrogens with one attached hydrogen (secondary N) is 2. The molecular weight excluding hydrogens is 379 g/mol. The zero-order valence-electron chi connectivity index (χ0n) is 15.8. The van der Waals surface area contributed by atoms with Crippen molar-refractivity contribution in [1.82, 2.24) is 20.6 Å². The lowest BCUT2D eigenvalue weighted by Gasteiger charge is -2.35. The van der Waals surface area contributed by atoms with E-state index in [9.17, 15) is 19.1 Å². The van der Waals surface area contributed by atoms with Crippen molar-refractivity contribution in [1.29, 1.82) is 0 Å². The molecule has 9 heteroatoms. The number of aromatic nitrogens is 2. The van der Waals surface area contributed by atoms with Crippen molar-refractivity contribution in [2.75, 3.05) is 6.61 Å². The zero-order valence-corrected chi connectivity index (χ0v) is 15.8. The number of benzene rings is 1. The van der Waals surface area contributed by atoms with Crippen LogP contribution in [0.4, 0.5) is 4.39 Å². The summed E-state index contributed by atoms with van der Waals surface area (Å²) in [6.07, 6.45) is 4.40. The third-order valence-electron chi connectivity index (χ3n) is 4.75. The van der Waals surface area contributed by atoms with Gasteiger partial charge in [0.25, 0.3) is 5.91 Å². The van der Waals surface area contributed by atoms with Crippen LogP contribution in [-0.4, -0.2) is 51.7 Å². The Hall–Kier alpha value is -2.91. The maximum absolute atomic E-state index is 13.6. The number of ether oxygens (including phenoxy) is 1. The number of carbonyl (C=O) groups excluding carboxylic acids is 2. The molecule has 0 aliphatic carbocycles. The number of hydrogen-bond acceptors (Lipinski definition) is 6. The summed E-state index contributed by atoms with van der Waals surface area (Å²) >= 11 is 0. The molecule has 1 fully saturated rings. The van der Waals surface area contributed by atoms with Crippen LogP contribution in [-0.2, 0) is 16.1 Å². The van der Waals surface area contributed by atoms with Gasteiger partial charge in [-0.25, -0.2) is 9.37 Å². The molecule has 0 bridgehead atoms. The van der Waals surface area contributed by atoms with Gasteiger partial charge >= 0.3 is 0 Å². The van der Waals surface area contributed by atoms with Gasteiger partial charge in [0, 0.05) is 24.5 Å². The average molecular weight is 402 g/mol. The third kappa shape index (κ3) is 5.78. The van der Waals surface area contributed by atoms with Gasteiger partial charge in [0.15, 0.2) is 0 Å². The molecule has 1 aliphatic rings. The Labute approximate surface area is 167 Å². The number of aliphatic hydroxyl groups is 1. The van der Waals surface area contributed by atoms with Crippen LogP contribution < -0.4 is 10.6 Å². The van der Waals surface area contributed by atoms with Crippen LogP contribution >= 0.6 is 0 Å². The van der Waals surface area contributed by atoms with Crippen molar-refractivity contribution >= 4 is 11.8 Å². The van der Waals surface area contributed by atoms with E-state index in [-0.39, 0.29) is 37.0 Å². The number of halogens is 1. The first kappa shape index (κ1) is 20.8. The van der Waals surface area contributed by atoms with Crippen molar-refractivity contribution in [2.24, 2.45) is 0 Å². The molecule has 2 amide bonds. The van der Waals surface area contributed by atoms with E-state index in [1.807, 2.05) is 0 Å². The van der Waals surface area contributed by atoms with E-state index in [4.69, 9.17) is 4.74 Å². The molecular formula is C20H23FN4O4. The fourth-order valence-electron chi connectivity index (χ4n) is 3.22. The highest BCUT2D eigenvalue weighted by atomic mass is 19.1. The first-order valence-corrected chi connectivity index (χ1v) is 9.40. The van der Waals surface area contributed by atoms with Crippen molar-refractivity contribution in [3.05, 3.63) is 59.9 Å². The number of hydrogen-bond donors (Lipinski definition) is 3. The van der Waals surface area contributed by atoms with Crippen LogP contribution in [0.5, 0.6) is 0 Å². The van der Waals surface area contributed by atoms with Gasteiger partial charge in [-0.3, -0.25) is 14.6 Å². The largest absolute Gasteiger partial charge is 0.394 e. The predicted molar refractivity (Wildman–Crippen MR) is 101 cm³/mol. The Balaban J connectivity index is 1.48. The second-order valence-corrected chi connectivity index (χ2v) is 6.80. The maximum Gasteiger partial charge on any atom is 0.271 e. The molecule has 1 saturated heterocycles. The van der Waals surface area contributed by atoms with E-state index in [0.29, 0.717) is 18.4 Å². The topological polar surface area (TPSA) is 113 Å². The first-order chi connectivity index (χ1) is 14.1. The van der Waals surface area contributed by atoms with E-state index in [2.05, 4.69) is 20.6 Å². The molecule has 3 N–H and O–H groups in total. The van der Waals surface area contributed by atoms with Gasteiger partial charge in [0.1, 0.15) is 17.6 Å². The monoisotopic (exact) mass is 402 g/mol. The van der Waals surface area contributed by atoms with Gasteiger partial charge in [-0.1, -0.05) is 18.2 Å². The Kier molecular flexibility index (Phi) is 7.20. The SMILES string of the molecule is O=C(C[C@H]1CC[C@@H](NC(=O)c2cnccn2)[C@H](CO)O1)NCc1ccccc1F. The summed E-state index contributed by atoms with van der Waals surface area (Å²) < 4.78 is 19.4. The molecule has 2 heterocycles. The van der Waals surface area contributed by atoms with E-state index in [1.165, 1.54) is 24.7 Å². The molecule has 0 unspecified atom stereocenters. The van der Waals surface area contributed by atoms with Crippen LogP contribution in [0.2, 0.25) is 0 Å². The lowest BCUT2D eigenvalue weighted by molar-refractivity contribution is -0.131. The third-order valence-corrected chi connectivity index (χ3v) is 4.75. The lowest BCUT2D eigenvalue weighted by atomic mass is 9.96. The van der Waals surface area contributed by atoms with Crippen LogP contribution in [0.25, 0.3) is 0 Å². The predicted octanol–water partition coefficient (Wildman–Crippen LogP) is 0.961. The molecule has 8 nitrogen and oxygen atoms in total. The lowest BCUT2D eigenvalue weighted by Crippen LogP contribution is -2.51. The molecule has 0 saturated carbocycles. The van der Waals surface area contributed by atoms with E-state index >= 15 is 0 Å². The highest BCUT2D eigenvalue weighted by molar-refractivity contribution is 5.92. The average Bonchev–Trinajstić information content (AvgIpc) is 2.74. The Bertz CT molecular complexity index is 836. The summed E-state index contributed by atoms with van der Waals surface area (Å²) in [6.45, 7) is -0.197. The summed E-state index contributed by atoms with van der Waals surface area (Å²) in [5.41, 5.74) is 0.587. The van der Waals surface area contributed by atoms with Gasteiger partial charge in [0.2, 0.25) is 5.91 Å². The molecule has 3 rings (SSSR count). The van der Waals surface area contributed by atoms with Crippen LogP contribution in [0.1, 0.15) is 35.3 Å². The molecule has 1 aromatic carbocycles. The second kappa shape index (κ2) is 10.0. The highest BCUT2D eigenvalue weighted by Gasteiger charge is 2.33. The van der Waals surface area contributed by atoms with Crippen LogP contribution in [0.3, 0.4) is 0 Å². The maximum atomic E-state index is 13.6. The van der Waals surface area contributed by atoms with Gasteiger partial charge in [-0.2, -0.15) is 0 Å². The van der Waals surface area contributed by atoms with E-state index in [1.54, 1.807) is 18.2 Å². The Morgan fingerprint density at radius 3 is 2.79 bits per heavy atom. The minimum Gasteiger partial charge on any atom is -0.394 e. The summed E-state index contributed by atoms with van der Waals surface area (Å²) in [4.78, 5) is 32.2. The molecule has 2 aromatic rings. The van der Waals surface area contributed by atoms with Gasteiger partial charge < -0.3 is 20.5 Å².